The Bertz CT molecular complexity index is 429. The van der Waals surface area contributed by atoms with E-state index in [9.17, 15) is 4.79 Å². The number of hydrogen-bond acceptors (Lipinski definition) is 2. The van der Waals surface area contributed by atoms with Crippen molar-refractivity contribution in [1.82, 2.24) is 0 Å². The Morgan fingerprint density at radius 3 is 2.60 bits per heavy atom. The first-order valence-corrected chi connectivity index (χ1v) is 10.7. The molecule has 3 atom stereocenters. The van der Waals surface area contributed by atoms with Crippen LogP contribution in [0.5, 0.6) is 0 Å². The molecule has 2 aliphatic carbocycles. The molecule has 2 rings (SSSR count). The maximum absolute atomic E-state index is 11.2. The summed E-state index contributed by atoms with van der Waals surface area (Å²) in [5.74, 6) is 0.768. The van der Waals surface area contributed by atoms with E-state index in [1.807, 2.05) is 12.2 Å². The average Bonchev–Trinajstić information content (AvgIpc) is 2.36. The van der Waals surface area contributed by atoms with Gasteiger partial charge in [0.25, 0.3) is 0 Å². The molecule has 0 heterocycles. The fourth-order valence-corrected chi connectivity index (χ4v) is 4.45. The lowest BCUT2D eigenvalue weighted by molar-refractivity contribution is -0.105. The minimum Gasteiger partial charge on any atom is -0.413 e. The molecule has 0 aromatic carbocycles. The van der Waals surface area contributed by atoms with Gasteiger partial charge < -0.3 is 4.43 Å². The molecule has 0 N–H and O–H groups in total. The Kier molecular flexibility index (Phi) is 4.40. The van der Waals surface area contributed by atoms with Gasteiger partial charge in [-0.25, -0.2) is 0 Å². The topological polar surface area (TPSA) is 26.3 Å². The highest BCUT2D eigenvalue weighted by Gasteiger charge is 2.43. The molecule has 2 nitrogen and oxygen atoms in total. The van der Waals surface area contributed by atoms with Crippen molar-refractivity contribution < 1.29 is 9.22 Å². The van der Waals surface area contributed by atoms with Crippen LogP contribution in [0.1, 0.15) is 40.0 Å². The number of rotatable bonds is 3. The molecule has 0 radical (unpaired) electrons. The first kappa shape index (κ1) is 15.7. The predicted octanol–water partition coefficient (Wildman–Crippen LogP) is 4.49. The van der Waals surface area contributed by atoms with E-state index in [1.165, 1.54) is 6.42 Å². The standard InChI is InChI=1S/C17H28O2Si/c1-17(2,3)20(4,5)19-16-11-7-9-14-13(12-18)8-6-10-15(14)16/h6,8,10,12,14-16H,7,9,11H2,1-5H3/t14-,15-,16+/m0/s1. The summed E-state index contributed by atoms with van der Waals surface area (Å²) in [5.41, 5.74) is 0.959. The summed E-state index contributed by atoms with van der Waals surface area (Å²) in [4.78, 5) is 11.2. The van der Waals surface area contributed by atoms with Crippen LogP contribution in [0.15, 0.2) is 23.8 Å². The normalized spacial score (nSPS) is 30.6. The van der Waals surface area contributed by atoms with Crippen LogP contribution in [0.25, 0.3) is 0 Å². The van der Waals surface area contributed by atoms with Crippen LogP contribution in [0.4, 0.5) is 0 Å². The lowest BCUT2D eigenvalue weighted by Crippen LogP contribution is -2.48. The third-order valence-corrected chi connectivity index (χ3v) is 9.84. The third kappa shape index (κ3) is 2.99. The van der Waals surface area contributed by atoms with Crippen molar-refractivity contribution in [2.45, 2.75) is 64.3 Å². The van der Waals surface area contributed by atoms with Crippen molar-refractivity contribution in [3.8, 4) is 0 Å². The zero-order chi connectivity index (χ0) is 15.0. The molecule has 0 bridgehead atoms. The number of aldehydes is 1. The number of carbonyl (C=O) groups is 1. The Hall–Kier alpha value is -0.673. The minimum absolute atomic E-state index is 0.238. The molecule has 0 aromatic heterocycles. The van der Waals surface area contributed by atoms with Crippen LogP contribution in [-0.4, -0.2) is 20.7 Å². The number of allylic oxidation sites excluding steroid dienone is 3. The van der Waals surface area contributed by atoms with Crippen LogP contribution in [0, 0.1) is 11.8 Å². The molecule has 0 spiro atoms. The van der Waals surface area contributed by atoms with E-state index < -0.39 is 8.32 Å². The van der Waals surface area contributed by atoms with Gasteiger partial charge in [-0.15, -0.1) is 0 Å². The molecule has 2 aliphatic rings. The second kappa shape index (κ2) is 5.61. The molecule has 0 aromatic rings. The minimum atomic E-state index is -1.74. The average molecular weight is 292 g/mol. The fraction of sp³-hybridized carbons (Fsp3) is 0.706. The van der Waals surface area contributed by atoms with Crippen LogP contribution in [-0.2, 0) is 9.22 Å². The monoisotopic (exact) mass is 292 g/mol. The smallest absolute Gasteiger partial charge is 0.192 e. The maximum atomic E-state index is 11.2. The maximum Gasteiger partial charge on any atom is 0.192 e. The van der Waals surface area contributed by atoms with E-state index in [0.29, 0.717) is 11.8 Å². The van der Waals surface area contributed by atoms with E-state index in [0.717, 1.165) is 24.7 Å². The Balaban J connectivity index is 2.16. The summed E-state index contributed by atoms with van der Waals surface area (Å²) in [6.45, 7) is 11.5. The van der Waals surface area contributed by atoms with E-state index in [1.54, 1.807) is 0 Å². The van der Waals surface area contributed by atoms with E-state index in [-0.39, 0.29) is 11.1 Å². The molecule has 1 fully saturated rings. The van der Waals surface area contributed by atoms with E-state index >= 15 is 0 Å². The highest BCUT2D eigenvalue weighted by molar-refractivity contribution is 6.74. The molecular formula is C17H28O2Si. The Morgan fingerprint density at radius 1 is 1.30 bits per heavy atom. The molecule has 112 valence electrons. The number of carbonyl (C=O) groups excluding carboxylic acids is 1. The summed E-state index contributed by atoms with van der Waals surface area (Å²) >= 11 is 0. The van der Waals surface area contributed by atoms with Gasteiger partial charge in [0.15, 0.2) is 8.32 Å². The Labute approximate surface area is 124 Å². The largest absolute Gasteiger partial charge is 0.413 e. The zero-order valence-electron chi connectivity index (χ0n) is 13.5. The Morgan fingerprint density at radius 2 is 2.00 bits per heavy atom. The van der Waals surface area contributed by atoms with Gasteiger partial charge in [-0.1, -0.05) is 45.4 Å². The quantitative estimate of drug-likeness (QED) is 0.566. The van der Waals surface area contributed by atoms with Gasteiger partial charge >= 0.3 is 0 Å². The molecular weight excluding hydrogens is 264 g/mol. The number of hydrogen-bond donors (Lipinski definition) is 0. The fourth-order valence-electron chi connectivity index (χ4n) is 3.07. The summed E-state index contributed by atoms with van der Waals surface area (Å²) < 4.78 is 6.65. The van der Waals surface area contributed by atoms with Gasteiger partial charge in [-0.2, -0.15) is 0 Å². The van der Waals surface area contributed by atoms with Crippen molar-refractivity contribution in [3.05, 3.63) is 23.8 Å². The molecule has 0 aliphatic heterocycles. The van der Waals surface area contributed by atoms with Crippen molar-refractivity contribution >= 4 is 14.6 Å². The zero-order valence-corrected chi connectivity index (χ0v) is 14.5. The van der Waals surface area contributed by atoms with E-state index in [4.69, 9.17) is 4.43 Å². The third-order valence-electron chi connectivity index (χ3n) is 5.34. The first-order valence-electron chi connectivity index (χ1n) is 7.77. The van der Waals surface area contributed by atoms with Crippen LogP contribution in [0.3, 0.4) is 0 Å². The molecule has 0 saturated heterocycles. The van der Waals surface area contributed by atoms with Crippen molar-refractivity contribution in [1.29, 1.82) is 0 Å². The van der Waals surface area contributed by atoms with Gasteiger partial charge in [0.2, 0.25) is 0 Å². The molecule has 1 saturated carbocycles. The highest BCUT2D eigenvalue weighted by Crippen LogP contribution is 2.44. The molecule has 20 heavy (non-hydrogen) atoms. The summed E-state index contributed by atoms with van der Waals surface area (Å²) in [6.07, 6.45) is 11.0. The van der Waals surface area contributed by atoms with Crippen LogP contribution < -0.4 is 0 Å². The first-order chi connectivity index (χ1) is 9.26. The summed E-state index contributed by atoms with van der Waals surface area (Å²) in [6, 6.07) is 0. The van der Waals surface area contributed by atoms with Gasteiger partial charge in [0, 0.05) is 5.92 Å². The van der Waals surface area contributed by atoms with E-state index in [2.05, 4.69) is 39.9 Å². The van der Waals surface area contributed by atoms with Gasteiger partial charge in [-0.05, 0) is 42.5 Å². The van der Waals surface area contributed by atoms with Crippen LogP contribution in [0.2, 0.25) is 18.1 Å². The lowest BCUT2D eigenvalue weighted by Gasteiger charge is -2.45. The highest BCUT2D eigenvalue weighted by atomic mass is 28.4. The van der Waals surface area contributed by atoms with Gasteiger partial charge in [-0.3, -0.25) is 4.79 Å². The number of fused-ring (bicyclic) bond motifs is 1. The van der Waals surface area contributed by atoms with Crippen molar-refractivity contribution in [2.24, 2.45) is 11.8 Å². The van der Waals surface area contributed by atoms with Crippen LogP contribution >= 0.6 is 0 Å². The molecule has 0 unspecified atom stereocenters. The second-order valence-corrected chi connectivity index (χ2v) is 12.5. The molecule has 3 heteroatoms. The lowest BCUT2D eigenvalue weighted by atomic mass is 9.72. The van der Waals surface area contributed by atoms with Crippen molar-refractivity contribution in [3.63, 3.8) is 0 Å². The van der Waals surface area contributed by atoms with Gasteiger partial charge in [0.1, 0.15) is 6.29 Å². The van der Waals surface area contributed by atoms with Crippen molar-refractivity contribution in [2.75, 3.05) is 0 Å². The van der Waals surface area contributed by atoms with Gasteiger partial charge in [0.05, 0.1) is 6.10 Å². The second-order valence-electron chi connectivity index (χ2n) is 7.70. The molecule has 0 amide bonds. The SMILES string of the molecule is CC(C)(C)[Si](C)(C)O[C@@H]1CCC[C@H]2C(C=O)=CC=C[C@H]12. The predicted molar refractivity (Wildman–Crippen MR) is 86.2 cm³/mol. The summed E-state index contributed by atoms with van der Waals surface area (Å²) in [5, 5.41) is 0.238. The summed E-state index contributed by atoms with van der Waals surface area (Å²) in [7, 11) is -1.74.